The maximum absolute atomic E-state index is 13.1. The topological polar surface area (TPSA) is 237 Å². The predicted molar refractivity (Wildman–Crippen MR) is 400 cm³/mol. The lowest BCUT2D eigenvalue weighted by molar-refractivity contribution is -0.161. The van der Waals surface area contributed by atoms with Gasteiger partial charge in [-0.3, -0.25) is 37.3 Å². The molecule has 0 aliphatic heterocycles. The van der Waals surface area contributed by atoms with Crippen molar-refractivity contribution in [3.63, 3.8) is 0 Å². The minimum atomic E-state index is -4.98. The van der Waals surface area contributed by atoms with Crippen LogP contribution in [0, 0.1) is 0 Å². The average Bonchev–Trinajstić information content (AvgIpc) is 0.986. The molecule has 0 heterocycles. The maximum atomic E-state index is 13.1. The maximum Gasteiger partial charge on any atom is 0.472 e. The molecular weight excluding hydrogens is 1280 g/mol. The van der Waals surface area contributed by atoms with Crippen molar-refractivity contribution in [1.82, 2.24) is 0 Å². The van der Waals surface area contributed by atoms with E-state index in [1.54, 1.807) is 0 Å². The van der Waals surface area contributed by atoms with Crippen molar-refractivity contribution in [2.45, 2.75) is 367 Å². The Morgan fingerprint density at radius 3 is 0.857 bits per heavy atom. The van der Waals surface area contributed by atoms with Gasteiger partial charge in [-0.1, -0.05) is 287 Å². The van der Waals surface area contributed by atoms with Crippen molar-refractivity contribution in [2.75, 3.05) is 39.6 Å². The normalized spacial score (nSPS) is 14.3. The summed E-state index contributed by atoms with van der Waals surface area (Å²) in [7, 11) is -9.95. The summed E-state index contributed by atoms with van der Waals surface area (Å²) in [5.74, 6) is -2.19. The van der Waals surface area contributed by atoms with Gasteiger partial charge in [-0.2, -0.15) is 0 Å². The van der Waals surface area contributed by atoms with Gasteiger partial charge < -0.3 is 33.8 Å². The van der Waals surface area contributed by atoms with E-state index in [9.17, 15) is 43.2 Å². The molecule has 0 aromatic heterocycles. The van der Waals surface area contributed by atoms with E-state index in [-0.39, 0.29) is 25.7 Å². The van der Waals surface area contributed by atoms with Crippen LogP contribution in [0.1, 0.15) is 349 Å². The molecule has 0 aliphatic carbocycles. The van der Waals surface area contributed by atoms with Gasteiger partial charge in [0.2, 0.25) is 0 Å². The Labute approximate surface area is 596 Å². The van der Waals surface area contributed by atoms with Gasteiger partial charge in [0, 0.05) is 25.7 Å². The van der Waals surface area contributed by atoms with Gasteiger partial charge in [-0.25, -0.2) is 9.13 Å². The SMILES string of the molecule is CC/C=C\C/C=C\C/C=C\C/C=C\CCCCCCC(=O)OCC(COP(=O)(O)OCC(O)COP(=O)(O)OCC(COC(=O)CCCCCCCCCCCCCCCCC)OC(=O)CCCCCCC/C=C\CCCC)OC(=O)CCCCCCC/C=C\CCCCCCCC. The molecule has 0 saturated heterocycles. The largest absolute Gasteiger partial charge is 0.472 e. The van der Waals surface area contributed by atoms with Crippen LogP contribution in [0.4, 0.5) is 0 Å². The van der Waals surface area contributed by atoms with Crippen LogP contribution in [0.25, 0.3) is 0 Å². The Bertz CT molecular complexity index is 2140. The molecule has 0 saturated carbocycles. The molecule has 0 bridgehead atoms. The highest BCUT2D eigenvalue weighted by Gasteiger charge is 2.30. The quantitative estimate of drug-likeness (QED) is 0.0169. The molecule has 17 nitrogen and oxygen atoms in total. The second-order valence-electron chi connectivity index (χ2n) is 26.3. The molecule has 19 heteroatoms. The molecule has 3 N–H and O–H groups in total. The third-order valence-electron chi connectivity index (χ3n) is 16.7. The van der Waals surface area contributed by atoms with E-state index in [4.69, 9.17) is 37.0 Å². The van der Waals surface area contributed by atoms with E-state index in [0.717, 1.165) is 148 Å². The summed E-state index contributed by atoms with van der Waals surface area (Å²) in [4.78, 5) is 72.9. The number of phosphoric ester groups is 2. The highest BCUT2D eigenvalue weighted by Crippen LogP contribution is 2.45. The molecule has 5 unspecified atom stereocenters. The number of rotatable bonds is 74. The fraction of sp³-hybridized carbons (Fsp3) is 0.797. The molecule has 0 amide bonds. The van der Waals surface area contributed by atoms with Crippen molar-refractivity contribution in [3.05, 3.63) is 72.9 Å². The van der Waals surface area contributed by atoms with Gasteiger partial charge in [0.05, 0.1) is 26.4 Å². The molecule has 0 aromatic carbocycles. The first-order chi connectivity index (χ1) is 47.7. The van der Waals surface area contributed by atoms with Crippen molar-refractivity contribution < 1.29 is 80.2 Å². The number of phosphoric acid groups is 2. The minimum Gasteiger partial charge on any atom is -0.462 e. The molecule has 5 atom stereocenters. The van der Waals surface area contributed by atoms with Crippen LogP contribution in [-0.2, 0) is 65.4 Å². The molecule has 0 spiro atoms. The lowest BCUT2D eigenvalue weighted by atomic mass is 10.0. The zero-order chi connectivity index (χ0) is 71.8. The summed E-state index contributed by atoms with van der Waals surface area (Å²) in [6.45, 7) is 4.72. The van der Waals surface area contributed by atoms with Crippen LogP contribution in [0.3, 0.4) is 0 Å². The molecule has 0 fully saturated rings. The van der Waals surface area contributed by atoms with E-state index in [1.807, 2.05) is 0 Å². The first kappa shape index (κ1) is 94.5. The van der Waals surface area contributed by atoms with E-state index in [2.05, 4.69) is 101 Å². The average molecular weight is 1430 g/mol. The summed E-state index contributed by atoms with van der Waals surface area (Å²) in [6.07, 6.45) is 71.7. The number of aliphatic hydroxyl groups excluding tert-OH is 1. The molecule has 0 aromatic rings. The molecule has 0 rings (SSSR count). The van der Waals surface area contributed by atoms with Crippen LogP contribution < -0.4 is 0 Å². The summed E-state index contributed by atoms with van der Waals surface area (Å²) in [5.41, 5.74) is 0. The number of carbonyl (C=O) groups excluding carboxylic acids is 4. The Hall–Kier alpha value is -3.50. The van der Waals surface area contributed by atoms with Gasteiger partial charge in [0.25, 0.3) is 0 Å². The van der Waals surface area contributed by atoms with Crippen LogP contribution in [0.5, 0.6) is 0 Å². The molecule has 0 radical (unpaired) electrons. The molecule has 570 valence electrons. The molecule has 0 aliphatic rings. The Balaban J connectivity index is 5.33. The lowest BCUT2D eigenvalue weighted by Crippen LogP contribution is -2.30. The van der Waals surface area contributed by atoms with Crippen LogP contribution >= 0.6 is 15.6 Å². The smallest absolute Gasteiger partial charge is 0.462 e. The molecular formula is C79H142O17P2. The van der Waals surface area contributed by atoms with Crippen molar-refractivity contribution in [3.8, 4) is 0 Å². The van der Waals surface area contributed by atoms with Gasteiger partial charge in [0.1, 0.15) is 19.3 Å². The van der Waals surface area contributed by atoms with Crippen LogP contribution in [0.15, 0.2) is 72.9 Å². The fourth-order valence-electron chi connectivity index (χ4n) is 10.7. The highest BCUT2D eigenvalue weighted by atomic mass is 31.2. The fourth-order valence-corrected chi connectivity index (χ4v) is 12.2. The van der Waals surface area contributed by atoms with Gasteiger partial charge in [-0.15, -0.1) is 0 Å². The zero-order valence-corrected chi connectivity index (χ0v) is 64.0. The number of esters is 4. The minimum absolute atomic E-state index is 0.0817. The standard InChI is InChI=1S/C79H142O17P2/c1-5-9-13-17-21-25-29-32-35-36-39-41-45-48-52-56-60-64-77(82)90-70-75(96-79(84)66-62-58-54-50-46-42-38-34-31-27-23-19-15-11-7-3)72-94-98(87,88)92-68-73(80)67-91-97(85,86)93-71-74(95-78(83)65-61-57-53-49-43-28-24-20-16-12-8-4)69-89-76(81)63-59-55-51-47-44-40-37-33-30-26-22-18-14-10-6-2/h9,13,20-21,24-25,32,34-35,38-39,41,73-75,80H,5-8,10-12,14-19,22-23,26-31,33,36-37,40,42-72H2,1-4H3,(H,85,86)(H,87,88)/b13-9-,24-20-,25-21-,35-32-,38-34-,41-39-. The Morgan fingerprint density at radius 1 is 0.296 bits per heavy atom. The number of unbranched alkanes of at least 4 members (excludes halogenated alkanes) is 36. The van der Waals surface area contributed by atoms with E-state index < -0.39 is 97.5 Å². The summed E-state index contributed by atoms with van der Waals surface area (Å²) in [5, 5.41) is 10.6. The number of hydrogen-bond acceptors (Lipinski definition) is 15. The van der Waals surface area contributed by atoms with Gasteiger partial charge >= 0.3 is 39.5 Å². The monoisotopic (exact) mass is 1420 g/mol. The van der Waals surface area contributed by atoms with Crippen LogP contribution in [0.2, 0.25) is 0 Å². The number of allylic oxidation sites excluding steroid dienone is 12. The van der Waals surface area contributed by atoms with Crippen molar-refractivity contribution in [2.24, 2.45) is 0 Å². The third kappa shape index (κ3) is 70.9. The van der Waals surface area contributed by atoms with Gasteiger partial charge in [-0.05, 0) is 109 Å². The highest BCUT2D eigenvalue weighted by molar-refractivity contribution is 7.47. The summed E-state index contributed by atoms with van der Waals surface area (Å²) < 4.78 is 68.5. The summed E-state index contributed by atoms with van der Waals surface area (Å²) in [6, 6.07) is 0. The number of ether oxygens (including phenoxy) is 4. The third-order valence-corrected chi connectivity index (χ3v) is 18.6. The number of carbonyl (C=O) groups is 4. The second-order valence-corrected chi connectivity index (χ2v) is 29.2. The second kappa shape index (κ2) is 71.9. The summed E-state index contributed by atoms with van der Waals surface area (Å²) >= 11 is 0. The lowest BCUT2D eigenvalue weighted by Gasteiger charge is -2.21. The Kier molecular flexibility index (Phi) is 69.3. The first-order valence-electron chi connectivity index (χ1n) is 39.2. The Morgan fingerprint density at radius 2 is 0.541 bits per heavy atom. The number of hydrogen-bond donors (Lipinski definition) is 3. The van der Waals surface area contributed by atoms with Gasteiger partial charge in [0.15, 0.2) is 12.2 Å². The van der Waals surface area contributed by atoms with E-state index in [0.29, 0.717) is 25.7 Å². The van der Waals surface area contributed by atoms with Crippen molar-refractivity contribution >= 4 is 39.5 Å². The van der Waals surface area contributed by atoms with Crippen LogP contribution in [-0.4, -0.2) is 96.7 Å². The predicted octanol–water partition coefficient (Wildman–Crippen LogP) is 22.4. The number of aliphatic hydroxyl groups is 1. The van der Waals surface area contributed by atoms with Crippen molar-refractivity contribution in [1.29, 1.82) is 0 Å². The zero-order valence-electron chi connectivity index (χ0n) is 62.2. The van der Waals surface area contributed by atoms with E-state index >= 15 is 0 Å². The van der Waals surface area contributed by atoms with E-state index in [1.165, 1.54) is 122 Å². The molecule has 98 heavy (non-hydrogen) atoms. The first-order valence-corrected chi connectivity index (χ1v) is 42.2.